The maximum absolute atomic E-state index is 6.07. The molecule has 110 valence electrons. The van der Waals surface area contributed by atoms with E-state index in [1.165, 1.54) is 12.8 Å². The van der Waals surface area contributed by atoms with Gasteiger partial charge in [-0.25, -0.2) is 0 Å². The first-order valence-corrected chi connectivity index (χ1v) is 7.88. The van der Waals surface area contributed by atoms with E-state index in [0.29, 0.717) is 6.10 Å². The van der Waals surface area contributed by atoms with Gasteiger partial charge in [-0.1, -0.05) is 22.0 Å². The molecule has 1 aromatic carbocycles. The minimum atomic E-state index is 0.334. The van der Waals surface area contributed by atoms with Crippen molar-refractivity contribution in [3.63, 3.8) is 0 Å². The van der Waals surface area contributed by atoms with E-state index in [0.717, 1.165) is 47.5 Å². The van der Waals surface area contributed by atoms with Crippen LogP contribution in [-0.2, 0) is 6.54 Å². The summed E-state index contributed by atoms with van der Waals surface area (Å²) in [6, 6.07) is 4.05. The lowest BCUT2D eigenvalue weighted by atomic mass is 10.2. The Morgan fingerprint density at radius 2 is 2.10 bits per heavy atom. The largest absolute Gasteiger partial charge is 0.493 e. The summed E-state index contributed by atoms with van der Waals surface area (Å²) in [6.07, 6.45) is 6.99. The third-order valence-electron chi connectivity index (χ3n) is 3.53. The lowest BCUT2D eigenvalue weighted by Gasteiger charge is -2.18. The third-order valence-corrected chi connectivity index (χ3v) is 4.27. The fourth-order valence-electron chi connectivity index (χ4n) is 2.46. The molecule has 1 aliphatic rings. The van der Waals surface area contributed by atoms with E-state index < -0.39 is 0 Å². The molecule has 1 fully saturated rings. The van der Waals surface area contributed by atoms with Gasteiger partial charge in [0.2, 0.25) is 0 Å². The molecule has 0 aliphatic heterocycles. The number of ether oxygens (including phenoxy) is 2. The Kier molecular flexibility index (Phi) is 5.92. The minimum Gasteiger partial charge on any atom is -0.493 e. The van der Waals surface area contributed by atoms with Gasteiger partial charge < -0.3 is 14.8 Å². The van der Waals surface area contributed by atoms with Gasteiger partial charge in [-0.3, -0.25) is 0 Å². The van der Waals surface area contributed by atoms with Gasteiger partial charge in [0.1, 0.15) is 0 Å². The van der Waals surface area contributed by atoms with E-state index in [1.54, 1.807) is 7.11 Å². The average molecular weight is 340 g/mol. The molecule has 1 saturated carbocycles. The molecule has 1 N–H and O–H groups in total. The molecular formula is C16H22BrNO2. The SMILES string of the molecule is C=CCNCc1cc(OC)c(OC2CCCC2)cc1Br. The zero-order valence-electron chi connectivity index (χ0n) is 12.0. The van der Waals surface area contributed by atoms with E-state index in [9.17, 15) is 0 Å². The summed E-state index contributed by atoms with van der Waals surface area (Å²) in [7, 11) is 1.69. The highest BCUT2D eigenvalue weighted by molar-refractivity contribution is 9.10. The van der Waals surface area contributed by atoms with Crippen molar-refractivity contribution in [2.24, 2.45) is 0 Å². The maximum atomic E-state index is 6.07. The van der Waals surface area contributed by atoms with Crippen molar-refractivity contribution in [3.05, 3.63) is 34.8 Å². The minimum absolute atomic E-state index is 0.334. The Balaban J connectivity index is 2.11. The van der Waals surface area contributed by atoms with Crippen molar-refractivity contribution in [1.29, 1.82) is 0 Å². The van der Waals surface area contributed by atoms with Crippen LogP contribution in [0.5, 0.6) is 11.5 Å². The van der Waals surface area contributed by atoms with E-state index in [-0.39, 0.29) is 0 Å². The highest BCUT2D eigenvalue weighted by Gasteiger charge is 2.19. The van der Waals surface area contributed by atoms with Crippen molar-refractivity contribution in [2.45, 2.75) is 38.3 Å². The van der Waals surface area contributed by atoms with Crippen LogP contribution in [0, 0.1) is 0 Å². The Hall–Kier alpha value is -1.00. The Morgan fingerprint density at radius 1 is 1.35 bits per heavy atom. The molecule has 0 unspecified atom stereocenters. The molecule has 0 bridgehead atoms. The summed E-state index contributed by atoms with van der Waals surface area (Å²) in [4.78, 5) is 0. The van der Waals surface area contributed by atoms with Crippen molar-refractivity contribution in [2.75, 3.05) is 13.7 Å². The number of rotatable bonds is 7. The molecular weight excluding hydrogens is 318 g/mol. The number of methoxy groups -OCH3 is 1. The van der Waals surface area contributed by atoms with Crippen molar-refractivity contribution in [3.8, 4) is 11.5 Å². The van der Waals surface area contributed by atoms with Gasteiger partial charge in [-0.2, -0.15) is 0 Å². The first kappa shape index (κ1) is 15.4. The molecule has 3 nitrogen and oxygen atoms in total. The Labute approximate surface area is 129 Å². The van der Waals surface area contributed by atoms with E-state index in [1.807, 2.05) is 18.2 Å². The number of halogens is 1. The predicted octanol–water partition coefficient (Wildman–Crippen LogP) is 4.05. The Bertz CT molecular complexity index is 456. The van der Waals surface area contributed by atoms with Crippen LogP contribution in [0.2, 0.25) is 0 Å². The molecule has 4 heteroatoms. The van der Waals surface area contributed by atoms with Gasteiger partial charge >= 0.3 is 0 Å². The number of benzene rings is 1. The molecule has 0 radical (unpaired) electrons. The smallest absolute Gasteiger partial charge is 0.162 e. The first-order chi connectivity index (χ1) is 9.74. The standard InChI is InChI=1S/C16H22BrNO2/c1-3-8-18-11-12-9-15(19-2)16(10-14(12)17)20-13-6-4-5-7-13/h3,9-10,13,18H,1,4-8,11H2,2H3. The normalized spacial score (nSPS) is 15.3. The number of hydrogen-bond donors (Lipinski definition) is 1. The van der Waals surface area contributed by atoms with Crippen LogP contribution >= 0.6 is 15.9 Å². The predicted molar refractivity (Wildman–Crippen MR) is 85.5 cm³/mol. The van der Waals surface area contributed by atoms with Crippen LogP contribution in [0.15, 0.2) is 29.3 Å². The summed E-state index contributed by atoms with van der Waals surface area (Å²) in [5.41, 5.74) is 1.16. The van der Waals surface area contributed by atoms with Crippen LogP contribution in [-0.4, -0.2) is 19.8 Å². The third kappa shape index (κ3) is 4.00. The summed E-state index contributed by atoms with van der Waals surface area (Å²) in [6.45, 7) is 5.26. The van der Waals surface area contributed by atoms with E-state index in [4.69, 9.17) is 9.47 Å². The van der Waals surface area contributed by atoms with Crippen molar-refractivity contribution < 1.29 is 9.47 Å². The maximum Gasteiger partial charge on any atom is 0.162 e. The van der Waals surface area contributed by atoms with Gasteiger partial charge in [-0.05, 0) is 43.4 Å². The first-order valence-electron chi connectivity index (χ1n) is 7.09. The zero-order chi connectivity index (χ0) is 14.4. The average Bonchev–Trinajstić information content (AvgIpc) is 2.94. The summed E-state index contributed by atoms with van der Waals surface area (Å²) < 4.78 is 12.6. The molecule has 0 amide bonds. The summed E-state index contributed by atoms with van der Waals surface area (Å²) >= 11 is 3.61. The molecule has 1 aromatic rings. The van der Waals surface area contributed by atoms with Crippen LogP contribution < -0.4 is 14.8 Å². The van der Waals surface area contributed by atoms with Gasteiger partial charge in [0.05, 0.1) is 13.2 Å². The lowest BCUT2D eigenvalue weighted by Crippen LogP contribution is -2.14. The molecule has 0 spiro atoms. The number of nitrogens with one attached hydrogen (secondary N) is 1. The Morgan fingerprint density at radius 3 is 2.75 bits per heavy atom. The topological polar surface area (TPSA) is 30.5 Å². The highest BCUT2D eigenvalue weighted by atomic mass is 79.9. The fourth-order valence-corrected chi connectivity index (χ4v) is 2.92. The molecule has 2 rings (SSSR count). The van der Waals surface area contributed by atoms with Gasteiger partial charge in [0, 0.05) is 17.6 Å². The van der Waals surface area contributed by atoms with E-state index >= 15 is 0 Å². The van der Waals surface area contributed by atoms with E-state index in [2.05, 4.69) is 27.8 Å². The van der Waals surface area contributed by atoms with Gasteiger partial charge in [0.15, 0.2) is 11.5 Å². The van der Waals surface area contributed by atoms with Gasteiger partial charge in [-0.15, -0.1) is 6.58 Å². The van der Waals surface area contributed by atoms with Crippen LogP contribution in [0.1, 0.15) is 31.2 Å². The molecule has 20 heavy (non-hydrogen) atoms. The molecule has 0 aromatic heterocycles. The molecule has 0 atom stereocenters. The fraction of sp³-hybridized carbons (Fsp3) is 0.500. The second-order valence-corrected chi connectivity index (χ2v) is 5.89. The van der Waals surface area contributed by atoms with Crippen molar-refractivity contribution in [1.82, 2.24) is 5.32 Å². The van der Waals surface area contributed by atoms with Gasteiger partial charge in [0.25, 0.3) is 0 Å². The second-order valence-electron chi connectivity index (χ2n) is 5.04. The van der Waals surface area contributed by atoms with Crippen LogP contribution in [0.3, 0.4) is 0 Å². The van der Waals surface area contributed by atoms with Crippen molar-refractivity contribution >= 4 is 15.9 Å². The highest BCUT2D eigenvalue weighted by Crippen LogP contribution is 2.36. The quantitative estimate of drug-likeness (QED) is 0.600. The van der Waals surface area contributed by atoms with Crippen LogP contribution in [0.25, 0.3) is 0 Å². The lowest BCUT2D eigenvalue weighted by molar-refractivity contribution is 0.200. The second kappa shape index (κ2) is 7.70. The van der Waals surface area contributed by atoms with Crippen LogP contribution in [0.4, 0.5) is 0 Å². The zero-order valence-corrected chi connectivity index (χ0v) is 13.5. The number of hydrogen-bond acceptors (Lipinski definition) is 3. The summed E-state index contributed by atoms with van der Waals surface area (Å²) in [5, 5.41) is 3.29. The molecule has 0 saturated heterocycles. The molecule has 1 aliphatic carbocycles. The molecule has 0 heterocycles. The summed E-state index contributed by atoms with van der Waals surface area (Å²) in [5.74, 6) is 1.63. The monoisotopic (exact) mass is 339 g/mol.